The third-order valence-corrected chi connectivity index (χ3v) is 4.02. The van der Waals surface area contributed by atoms with E-state index in [1.54, 1.807) is 31.5 Å². The Kier molecular flexibility index (Phi) is 4.15. The number of hydrogen-bond acceptors (Lipinski definition) is 4. The summed E-state index contributed by atoms with van der Waals surface area (Å²) in [5.41, 5.74) is 3.89. The Bertz CT molecular complexity index is 1010. The first kappa shape index (κ1) is 16.0. The second-order valence-electron chi connectivity index (χ2n) is 5.64. The lowest BCUT2D eigenvalue weighted by molar-refractivity contribution is 0.415. The van der Waals surface area contributed by atoms with Crippen molar-refractivity contribution in [3.63, 3.8) is 0 Å². The number of nitrogens with one attached hydrogen (secondary N) is 1. The maximum atomic E-state index is 13.3. The minimum atomic E-state index is -0.289. The molecule has 0 atom stereocenters. The molecule has 2 aromatic heterocycles. The average molecular weight is 346 g/mol. The highest BCUT2D eigenvalue weighted by atomic mass is 19.1. The van der Waals surface area contributed by atoms with Crippen molar-refractivity contribution in [3.05, 3.63) is 72.9 Å². The minimum absolute atomic E-state index is 0.289. The van der Waals surface area contributed by atoms with Crippen molar-refractivity contribution in [2.75, 3.05) is 7.11 Å². The summed E-state index contributed by atoms with van der Waals surface area (Å²) in [5.74, 6) is 1.18. The Balaban J connectivity index is 1.85. The van der Waals surface area contributed by atoms with Crippen LogP contribution in [0.5, 0.6) is 5.75 Å². The van der Waals surface area contributed by atoms with Crippen molar-refractivity contribution < 1.29 is 9.13 Å². The molecule has 0 spiro atoms. The SMILES string of the molecule is COc1ccc(-c2nc(-c3ccc(F)cc3)c(-c3ccncn3)[nH]2)cc1. The van der Waals surface area contributed by atoms with E-state index in [9.17, 15) is 4.39 Å². The molecule has 0 radical (unpaired) electrons. The number of aromatic nitrogens is 4. The van der Waals surface area contributed by atoms with Gasteiger partial charge in [-0.3, -0.25) is 0 Å². The van der Waals surface area contributed by atoms with E-state index in [-0.39, 0.29) is 5.82 Å². The van der Waals surface area contributed by atoms with Gasteiger partial charge in [-0.25, -0.2) is 19.3 Å². The number of halogens is 1. The molecule has 5 nitrogen and oxygen atoms in total. The van der Waals surface area contributed by atoms with E-state index >= 15 is 0 Å². The van der Waals surface area contributed by atoms with Gasteiger partial charge in [-0.05, 0) is 54.6 Å². The van der Waals surface area contributed by atoms with Gasteiger partial charge in [-0.2, -0.15) is 0 Å². The Morgan fingerprint density at radius 2 is 1.65 bits per heavy atom. The topological polar surface area (TPSA) is 63.7 Å². The lowest BCUT2D eigenvalue weighted by Crippen LogP contribution is -1.88. The first-order valence-corrected chi connectivity index (χ1v) is 8.01. The quantitative estimate of drug-likeness (QED) is 0.597. The number of aromatic amines is 1. The summed E-state index contributed by atoms with van der Waals surface area (Å²) < 4.78 is 18.5. The van der Waals surface area contributed by atoms with Gasteiger partial charge in [0.25, 0.3) is 0 Å². The molecular weight excluding hydrogens is 331 g/mol. The molecule has 128 valence electrons. The minimum Gasteiger partial charge on any atom is -0.497 e. The van der Waals surface area contributed by atoms with E-state index in [1.807, 2.05) is 24.3 Å². The van der Waals surface area contributed by atoms with E-state index in [1.165, 1.54) is 18.5 Å². The molecule has 4 rings (SSSR count). The van der Waals surface area contributed by atoms with Gasteiger partial charge in [0, 0.05) is 17.3 Å². The predicted molar refractivity (Wildman–Crippen MR) is 97.0 cm³/mol. The Labute approximate surface area is 149 Å². The zero-order valence-electron chi connectivity index (χ0n) is 14.0. The lowest BCUT2D eigenvalue weighted by Gasteiger charge is -2.01. The summed E-state index contributed by atoms with van der Waals surface area (Å²) >= 11 is 0. The monoisotopic (exact) mass is 346 g/mol. The molecule has 0 amide bonds. The predicted octanol–water partition coefficient (Wildman–Crippen LogP) is 4.35. The molecule has 0 aliphatic carbocycles. The molecule has 2 aromatic carbocycles. The third-order valence-electron chi connectivity index (χ3n) is 4.02. The van der Waals surface area contributed by atoms with Crippen LogP contribution in [0.2, 0.25) is 0 Å². The van der Waals surface area contributed by atoms with Gasteiger partial charge in [0.05, 0.1) is 24.2 Å². The van der Waals surface area contributed by atoms with Gasteiger partial charge in [-0.15, -0.1) is 0 Å². The van der Waals surface area contributed by atoms with Gasteiger partial charge in [0.2, 0.25) is 0 Å². The van der Waals surface area contributed by atoms with Gasteiger partial charge in [-0.1, -0.05) is 0 Å². The van der Waals surface area contributed by atoms with Crippen molar-refractivity contribution in [2.24, 2.45) is 0 Å². The van der Waals surface area contributed by atoms with Crippen LogP contribution in [0.4, 0.5) is 4.39 Å². The number of rotatable bonds is 4. The van der Waals surface area contributed by atoms with Crippen molar-refractivity contribution >= 4 is 0 Å². The fourth-order valence-electron chi connectivity index (χ4n) is 2.70. The Hall–Kier alpha value is -3.54. The van der Waals surface area contributed by atoms with Crippen LogP contribution in [-0.2, 0) is 0 Å². The summed E-state index contributed by atoms with van der Waals surface area (Å²) in [7, 11) is 1.63. The van der Waals surface area contributed by atoms with Crippen molar-refractivity contribution in [1.82, 2.24) is 19.9 Å². The standard InChI is InChI=1S/C20H15FN4O/c1-26-16-8-4-14(5-9-16)20-24-18(13-2-6-15(21)7-3-13)19(25-20)17-10-11-22-12-23-17/h2-12H,1H3,(H,24,25). The first-order valence-electron chi connectivity index (χ1n) is 8.01. The molecule has 26 heavy (non-hydrogen) atoms. The van der Waals surface area contributed by atoms with E-state index in [4.69, 9.17) is 9.72 Å². The van der Waals surface area contributed by atoms with Gasteiger partial charge in [0.15, 0.2) is 0 Å². The zero-order valence-corrected chi connectivity index (χ0v) is 14.0. The average Bonchev–Trinajstić information content (AvgIpc) is 3.15. The maximum Gasteiger partial charge on any atom is 0.138 e. The van der Waals surface area contributed by atoms with Crippen LogP contribution in [0.25, 0.3) is 34.0 Å². The van der Waals surface area contributed by atoms with Crippen LogP contribution in [0.3, 0.4) is 0 Å². The van der Waals surface area contributed by atoms with Crippen LogP contribution in [-0.4, -0.2) is 27.0 Å². The largest absolute Gasteiger partial charge is 0.497 e. The maximum absolute atomic E-state index is 13.3. The van der Waals surface area contributed by atoms with E-state index in [2.05, 4.69) is 15.0 Å². The summed E-state index contributed by atoms with van der Waals surface area (Å²) in [6.45, 7) is 0. The molecule has 0 bridgehead atoms. The molecule has 4 aromatic rings. The van der Waals surface area contributed by atoms with E-state index < -0.39 is 0 Å². The fraction of sp³-hybridized carbons (Fsp3) is 0.0500. The summed E-state index contributed by atoms with van der Waals surface area (Å²) in [4.78, 5) is 16.3. The first-order chi connectivity index (χ1) is 12.7. The smallest absolute Gasteiger partial charge is 0.138 e. The summed E-state index contributed by atoms with van der Waals surface area (Å²) in [5, 5.41) is 0. The number of hydrogen-bond donors (Lipinski definition) is 1. The molecule has 1 N–H and O–H groups in total. The van der Waals surface area contributed by atoms with Gasteiger partial charge < -0.3 is 9.72 Å². The highest BCUT2D eigenvalue weighted by Gasteiger charge is 2.16. The molecule has 0 aliphatic rings. The van der Waals surface area contributed by atoms with Crippen molar-refractivity contribution in [1.29, 1.82) is 0 Å². The molecule has 0 saturated carbocycles. The van der Waals surface area contributed by atoms with E-state index in [0.29, 0.717) is 17.2 Å². The number of methoxy groups -OCH3 is 1. The Morgan fingerprint density at radius 3 is 2.31 bits per heavy atom. The molecule has 0 saturated heterocycles. The van der Waals surface area contributed by atoms with Crippen LogP contribution in [0.15, 0.2) is 67.1 Å². The molecule has 0 fully saturated rings. The Morgan fingerprint density at radius 1 is 0.923 bits per heavy atom. The molecule has 6 heteroatoms. The second-order valence-corrected chi connectivity index (χ2v) is 5.64. The molecule has 0 aliphatic heterocycles. The lowest BCUT2D eigenvalue weighted by atomic mass is 10.1. The van der Waals surface area contributed by atoms with Crippen molar-refractivity contribution in [2.45, 2.75) is 0 Å². The van der Waals surface area contributed by atoms with Crippen LogP contribution in [0.1, 0.15) is 0 Å². The number of imidazole rings is 1. The van der Waals surface area contributed by atoms with Crippen molar-refractivity contribution in [3.8, 4) is 39.8 Å². The van der Waals surface area contributed by atoms with E-state index in [0.717, 1.165) is 22.6 Å². The summed E-state index contributed by atoms with van der Waals surface area (Å²) in [6, 6.07) is 15.6. The van der Waals surface area contributed by atoms with Gasteiger partial charge in [0.1, 0.15) is 23.7 Å². The normalized spacial score (nSPS) is 10.7. The summed E-state index contributed by atoms with van der Waals surface area (Å²) in [6.07, 6.45) is 3.16. The highest BCUT2D eigenvalue weighted by Crippen LogP contribution is 2.32. The van der Waals surface area contributed by atoms with Crippen LogP contribution in [0, 0.1) is 5.82 Å². The number of H-pyrrole nitrogens is 1. The molecule has 2 heterocycles. The molecular formula is C20H15FN4O. The van der Waals surface area contributed by atoms with Crippen LogP contribution < -0.4 is 4.74 Å². The number of nitrogens with zero attached hydrogens (tertiary/aromatic N) is 3. The molecule has 0 unspecified atom stereocenters. The van der Waals surface area contributed by atoms with Crippen LogP contribution >= 0.6 is 0 Å². The second kappa shape index (κ2) is 6.76. The highest BCUT2D eigenvalue weighted by molar-refractivity contribution is 5.79. The number of benzene rings is 2. The van der Waals surface area contributed by atoms with Gasteiger partial charge >= 0.3 is 0 Å². The number of ether oxygens (including phenoxy) is 1. The third kappa shape index (κ3) is 3.04. The fourth-order valence-corrected chi connectivity index (χ4v) is 2.70. The zero-order chi connectivity index (χ0) is 17.9.